The molecule has 0 aliphatic carbocycles. The molecule has 5 heteroatoms. The molecular formula is C15H30N2O3. The van der Waals surface area contributed by atoms with Crippen LogP contribution in [0.2, 0.25) is 0 Å². The summed E-state index contributed by atoms with van der Waals surface area (Å²) in [5, 5.41) is 9.83. The number of hydrogen-bond acceptors (Lipinski definition) is 5. The highest BCUT2D eigenvalue weighted by atomic mass is 16.6. The average molecular weight is 286 g/mol. The van der Waals surface area contributed by atoms with Gasteiger partial charge in [0.25, 0.3) is 0 Å². The monoisotopic (exact) mass is 286 g/mol. The van der Waals surface area contributed by atoms with E-state index < -0.39 is 11.2 Å². The Kier molecular flexibility index (Phi) is 5.58. The van der Waals surface area contributed by atoms with E-state index in [0.717, 1.165) is 26.2 Å². The molecule has 0 aromatic heterocycles. The van der Waals surface area contributed by atoms with Crippen LogP contribution in [0.3, 0.4) is 0 Å². The van der Waals surface area contributed by atoms with Gasteiger partial charge >= 0.3 is 5.97 Å². The Labute approximate surface area is 122 Å². The summed E-state index contributed by atoms with van der Waals surface area (Å²) < 4.78 is 5.43. The first-order valence-corrected chi connectivity index (χ1v) is 7.39. The van der Waals surface area contributed by atoms with Gasteiger partial charge in [0, 0.05) is 32.7 Å². The van der Waals surface area contributed by atoms with Crippen LogP contribution in [0.15, 0.2) is 0 Å². The molecule has 1 aliphatic heterocycles. The van der Waals surface area contributed by atoms with E-state index in [9.17, 15) is 9.90 Å². The summed E-state index contributed by atoms with van der Waals surface area (Å²) in [5.74, 6) is -0.159. The Hall–Kier alpha value is -0.650. The lowest BCUT2D eigenvalue weighted by Gasteiger charge is -2.39. The van der Waals surface area contributed by atoms with Gasteiger partial charge in [0.2, 0.25) is 0 Å². The van der Waals surface area contributed by atoms with Crippen LogP contribution < -0.4 is 0 Å². The molecule has 20 heavy (non-hydrogen) atoms. The number of rotatable bonds is 4. The van der Waals surface area contributed by atoms with Gasteiger partial charge in [-0.1, -0.05) is 0 Å². The van der Waals surface area contributed by atoms with Crippen molar-refractivity contribution in [1.29, 1.82) is 0 Å². The molecule has 0 aromatic rings. The number of hydrogen-bond donors (Lipinski definition) is 1. The van der Waals surface area contributed by atoms with E-state index >= 15 is 0 Å². The molecule has 0 aromatic carbocycles. The van der Waals surface area contributed by atoms with Gasteiger partial charge in [0.15, 0.2) is 0 Å². The van der Waals surface area contributed by atoms with Crippen LogP contribution in [0.5, 0.6) is 0 Å². The maximum absolute atomic E-state index is 12.1. The lowest BCUT2D eigenvalue weighted by atomic mass is 10.1. The molecule has 0 radical (unpaired) electrons. The molecule has 0 spiro atoms. The number of β-amino-alcohol motifs (C(OH)–C–C–N with tert-alkyl or cyclic N) is 1. The predicted octanol–water partition coefficient (Wildman–Crippen LogP) is 1.11. The van der Waals surface area contributed by atoms with Crippen molar-refractivity contribution in [3.05, 3.63) is 0 Å². The predicted molar refractivity (Wildman–Crippen MR) is 79.6 cm³/mol. The minimum absolute atomic E-state index is 0.159. The Morgan fingerprint density at radius 2 is 1.65 bits per heavy atom. The molecule has 0 amide bonds. The molecule has 0 saturated carbocycles. The smallest absolute Gasteiger partial charge is 0.323 e. The van der Waals surface area contributed by atoms with Gasteiger partial charge in [-0.2, -0.15) is 0 Å². The molecule has 1 rings (SSSR count). The Bertz CT molecular complexity index is 323. The molecule has 1 atom stereocenters. The third-order valence-corrected chi connectivity index (χ3v) is 3.31. The van der Waals surface area contributed by atoms with Crippen LogP contribution in [0.1, 0.15) is 41.5 Å². The van der Waals surface area contributed by atoms with E-state index in [1.54, 1.807) is 0 Å². The first-order valence-electron chi connectivity index (χ1n) is 7.39. The van der Waals surface area contributed by atoms with E-state index in [1.807, 2.05) is 41.5 Å². The summed E-state index contributed by atoms with van der Waals surface area (Å²) in [7, 11) is 0. The second-order valence-corrected chi connectivity index (χ2v) is 7.33. The molecule has 5 nitrogen and oxygen atoms in total. The van der Waals surface area contributed by atoms with Gasteiger partial charge in [0.1, 0.15) is 11.6 Å². The van der Waals surface area contributed by atoms with Crippen molar-refractivity contribution in [2.45, 2.75) is 58.8 Å². The van der Waals surface area contributed by atoms with E-state index in [-0.39, 0.29) is 12.0 Å². The van der Waals surface area contributed by atoms with Crippen molar-refractivity contribution < 1.29 is 14.6 Å². The highest BCUT2D eigenvalue weighted by molar-refractivity contribution is 5.75. The fraction of sp³-hybridized carbons (Fsp3) is 0.933. The number of nitrogens with zero attached hydrogens (tertiary/aromatic N) is 2. The highest BCUT2D eigenvalue weighted by Gasteiger charge is 2.30. The Balaban J connectivity index is 2.43. The zero-order valence-corrected chi connectivity index (χ0v) is 13.8. The van der Waals surface area contributed by atoms with Crippen molar-refractivity contribution in [3.8, 4) is 0 Å². The number of ether oxygens (including phenoxy) is 1. The molecule has 1 fully saturated rings. The SMILES string of the molecule is CC(C(=O)OC(C)(C)C)N1CCN(CC(C)(C)O)CC1. The lowest BCUT2D eigenvalue weighted by Crippen LogP contribution is -2.54. The molecule has 1 heterocycles. The molecule has 1 saturated heterocycles. The van der Waals surface area contributed by atoms with Crippen molar-refractivity contribution >= 4 is 5.97 Å². The standard InChI is InChI=1S/C15H30N2O3/c1-12(13(18)20-14(2,3)4)17-9-7-16(8-10-17)11-15(5,6)19/h12,19H,7-11H2,1-6H3. The minimum atomic E-state index is -0.668. The first-order chi connectivity index (χ1) is 8.98. The molecular weight excluding hydrogens is 256 g/mol. The van der Waals surface area contributed by atoms with Gasteiger partial charge in [0.05, 0.1) is 5.60 Å². The Morgan fingerprint density at radius 1 is 1.15 bits per heavy atom. The van der Waals surface area contributed by atoms with Crippen LogP contribution in [-0.4, -0.2) is 70.8 Å². The summed E-state index contributed by atoms with van der Waals surface area (Å²) in [6.07, 6.45) is 0. The maximum Gasteiger partial charge on any atom is 0.323 e. The van der Waals surface area contributed by atoms with Crippen LogP contribution in [0.25, 0.3) is 0 Å². The van der Waals surface area contributed by atoms with Crippen molar-refractivity contribution in [2.24, 2.45) is 0 Å². The van der Waals surface area contributed by atoms with Crippen molar-refractivity contribution in [3.63, 3.8) is 0 Å². The summed E-state index contributed by atoms with van der Waals surface area (Å²) in [6, 6.07) is -0.210. The van der Waals surface area contributed by atoms with Crippen LogP contribution in [0, 0.1) is 0 Å². The fourth-order valence-electron chi connectivity index (χ4n) is 2.39. The van der Waals surface area contributed by atoms with Gasteiger partial charge in [-0.05, 0) is 41.5 Å². The van der Waals surface area contributed by atoms with E-state index in [4.69, 9.17) is 4.74 Å². The first kappa shape index (κ1) is 17.4. The fourth-order valence-corrected chi connectivity index (χ4v) is 2.39. The number of carbonyl (C=O) groups excluding carboxylic acids is 1. The molecule has 0 bridgehead atoms. The van der Waals surface area contributed by atoms with Crippen molar-refractivity contribution in [2.75, 3.05) is 32.7 Å². The highest BCUT2D eigenvalue weighted by Crippen LogP contribution is 2.14. The Morgan fingerprint density at radius 3 is 2.05 bits per heavy atom. The summed E-state index contributed by atoms with van der Waals surface area (Å²) in [4.78, 5) is 16.4. The second kappa shape index (κ2) is 6.41. The lowest BCUT2D eigenvalue weighted by molar-refractivity contribution is -0.161. The van der Waals surface area contributed by atoms with Gasteiger partial charge in [-0.25, -0.2) is 0 Å². The molecule has 1 aliphatic rings. The van der Waals surface area contributed by atoms with Gasteiger partial charge in [-0.15, -0.1) is 0 Å². The van der Waals surface area contributed by atoms with Crippen LogP contribution >= 0.6 is 0 Å². The topological polar surface area (TPSA) is 53.0 Å². The molecule has 1 unspecified atom stereocenters. The zero-order valence-electron chi connectivity index (χ0n) is 13.8. The molecule has 118 valence electrons. The van der Waals surface area contributed by atoms with Crippen LogP contribution in [0.4, 0.5) is 0 Å². The van der Waals surface area contributed by atoms with Gasteiger partial charge < -0.3 is 9.84 Å². The van der Waals surface area contributed by atoms with Crippen LogP contribution in [-0.2, 0) is 9.53 Å². The number of carbonyl (C=O) groups is 1. The number of esters is 1. The summed E-state index contributed by atoms with van der Waals surface area (Å²) in [5.41, 5.74) is -1.10. The van der Waals surface area contributed by atoms with E-state index in [2.05, 4.69) is 9.80 Å². The maximum atomic E-state index is 12.1. The average Bonchev–Trinajstić information content (AvgIpc) is 2.24. The minimum Gasteiger partial charge on any atom is -0.459 e. The largest absolute Gasteiger partial charge is 0.459 e. The summed E-state index contributed by atoms with van der Waals surface area (Å²) in [6.45, 7) is 15.3. The van der Waals surface area contributed by atoms with Gasteiger partial charge in [-0.3, -0.25) is 14.6 Å². The second-order valence-electron chi connectivity index (χ2n) is 7.33. The normalized spacial score (nSPS) is 20.8. The third-order valence-electron chi connectivity index (χ3n) is 3.31. The molecule has 1 N–H and O–H groups in total. The quantitative estimate of drug-likeness (QED) is 0.785. The van der Waals surface area contributed by atoms with E-state index in [0.29, 0.717) is 6.54 Å². The number of piperazine rings is 1. The number of aliphatic hydroxyl groups is 1. The van der Waals surface area contributed by atoms with E-state index in [1.165, 1.54) is 0 Å². The third kappa shape index (κ3) is 6.20. The summed E-state index contributed by atoms with van der Waals surface area (Å²) >= 11 is 0. The van der Waals surface area contributed by atoms with Crippen molar-refractivity contribution in [1.82, 2.24) is 9.80 Å². The zero-order chi connectivity index (χ0) is 15.6.